The third-order valence-corrected chi connectivity index (χ3v) is 5.71. The van der Waals surface area contributed by atoms with Crippen LogP contribution in [0.1, 0.15) is 106 Å². The predicted molar refractivity (Wildman–Crippen MR) is 114 cm³/mol. The molecule has 150 valence electrons. The second-order valence-electron chi connectivity index (χ2n) is 10.7. The van der Waals surface area contributed by atoms with Crippen LogP contribution in [0.2, 0.25) is 0 Å². The van der Waals surface area contributed by atoms with Crippen LogP contribution in [-0.2, 0) is 21.0 Å². The topological polar surface area (TPSA) is 37.3 Å². The molecule has 2 nitrogen and oxygen atoms in total. The molecule has 0 fully saturated rings. The number of hydrogen-bond donors (Lipinski definition) is 1. The summed E-state index contributed by atoms with van der Waals surface area (Å²) in [7, 11) is 0. The van der Waals surface area contributed by atoms with E-state index < -0.39 is 0 Å². The molecule has 0 aliphatic heterocycles. The van der Waals surface area contributed by atoms with Gasteiger partial charge in [0.05, 0.1) is 0 Å². The van der Waals surface area contributed by atoms with E-state index >= 15 is 0 Å². The van der Waals surface area contributed by atoms with Crippen molar-refractivity contribution in [2.75, 3.05) is 0 Å². The Bertz CT molecular complexity index is 547. The summed E-state index contributed by atoms with van der Waals surface area (Å²) in [5.74, 6) is 0. The van der Waals surface area contributed by atoms with E-state index in [1.165, 1.54) is 29.5 Å². The number of carbonyl (C=O) groups is 1. The second kappa shape index (κ2) is 8.59. The van der Waals surface area contributed by atoms with Gasteiger partial charge in [-0.2, -0.15) is 0 Å². The molecule has 0 spiro atoms. The fraction of sp³-hybridized carbons (Fsp3) is 0.708. The van der Waals surface area contributed by atoms with E-state index in [-0.39, 0.29) is 28.1 Å². The molecule has 0 aliphatic rings. The van der Waals surface area contributed by atoms with Crippen molar-refractivity contribution in [1.29, 1.82) is 0 Å². The summed E-state index contributed by atoms with van der Waals surface area (Å²) in [6.45, 7) is 25.7. The quantitative estimate of drug-likeness (QED) is 0.583. The summed E-state index contributed by atoms with van der Waals surface area (Å²) in [5, 5.41) is 6.89. The summed E-state index contributed by atoms with van der Waals surface area (Å²) >= 11 is 0. The fourth-order valence-electron chi connectivity index (χ4n) is 3.26. The van der Waals surface area contributed by atoms with E-state index in [2.05, 4.69) is 94.4 Å². The molecule has 0 saturated carbocycles. The van der Waals surface area contributed by atoms with Gasteiger partial charge in [-0.15, -0.1) is 0 Å². The maximum atomic E-state index is 8.36. The first-order chi connectivity index (χ1) is 11.5. The highest BCUT2D eigenvalue weighted by atomic mass is 16.3. The highest BCUT2D eigenvalue weighted by Gasteiger charge is 2.39. The molecule has 1 atom stereocenters. The van der Waals surface area contributed by atoms with Gasteiger partial charge in [-0.25, -0.2) is 0 Å². The molecule has 0 radical (unpaired) electrons. The number of benzene rings is 1. The standard InChI is InChI=1S/C23H40.CH2O2/c1-12-13-23(11,22(8,9)10)19-15-17(20(2,3)4)14-18(16-19)21(5,6)7;2-1-3/h14-16H,12-13H2,1-11H3;1H,(H,2,3). The van der Waals surface area contributed by atoms with Crippen molar-refractivity contribution in [3.63, 3.8) is 0 Å². The molecule has 1 rings (SSSR count). The van der Waals surface area contributed by atoms with Crippen LogP contribution >= 0.6 is 0 Å². The Hall–Kier alpha value is -1.31. The molecule has 0 amide bonds. The third-order valence-electron chi connectivity index (χ3n) is 5.71. The highest BCUT2D eigenvalue weighted by Crippen LogP contribution is 2.46. The zero-order valence-corrected chi connectivity index (χ0v) is 19.1. The number of hydrogen-bond acceptors (Lipinski definition) is 1. The molecule has 2 heteroatoms. The molecular weight excluding hydrogens is 320 g/mol. The van der Waals surface area contributed by atoms with Crippen LogP contribution in [-0.4, -0.2) is 11.6 Å². The van der Waals surface area contributed by atoms with E-state index in [4.69, 9.17) is 9.90 Å². The van der Waals surface area contributed by atoms with Crippen LogP contribution in [0.3, 0.4) is 0 Å². The van der Waals surface area contributed by atoms with E-state index in [0.29, 0.717) is 0 Å². The minimum absolute atomic E-state index is 0.182. The molecule has 0 aliphatic carbocycles. The first kappa shape index (κ1) is 24.7. The monoisotopic (exact) mass is 362 g/mol. The molecule has 0 bridgehead atoms. The van der Waals surface area contributed by atoms with Gasteiger partial charge < -0.3 is 5.11 Å². The molecule has 1 aromatic rings. The Morgan fingerprint density at radius 1 is 0.769 bits per heavy atom. The largest absolute Gasteiger partial charge is 0.483 e. The minimum atomic E-state index is -0.250. The Balaban J connectivity index is 0.00000194. The number of rotatable bonds is 3. The van der Waals surface area contributed by atoms with Crippen molar-refractivity contribution in [3.05, 3.63) is 34.9 Å². The second-order valence-corrected chi connectivity index (χ2v) is 10.7. The van der Waals surface area contributed by atoms with Crippen molar-refractivity contribution in [3.8, 4) is 0 Å². The van der Waals surface area contributed by atoms with Crippen LogP contribution in [0.5, 0.6) is 0 Å². The lowest BCUT2D eigenvalue weighted by atomic mass is 9.60. The molecular formula is C24H42O2. The molecule has 1 N–H and O–H groups in total. The van der Waals surface area contributed by atoms with Crippen molar-refractivity contribution >= 4 is 6.47 Å². The zero-order chi connectivity index (χ0) is 21.0. The predicted octanol–water partition coefficient (Wildman–Crippen LogP) is 7.09. The Morgan fingerprint density at radius 2 is 1.08 bits per heavy atom. The average molecular weight is 363 g/mol. The van der Waals surface area contributed by atoms with E-state index in [9.17, 15) is 0 Å². The summed E-state index contributed by atoms with van der Waals surface area (Å²) in [6.07, 6.45) is 2.45. The van der Waals surface area contributed by atoms with E-state index in [1.54, 1.807) is 0 Å². The molecule has 26 heavy (non-hydrogen) atoms. The Morgan fingerprint density at radius 3 is 1.31 bits per heavy atom. The lowest BCUT2D eigenvalue weighted by molar-refractivity contribution is -0.122. The SMILES string of the molecule is CCCC(C)(c1cc(C(C)(C)C)cc(C(C)(C)C)c1)C(C)(C)C.O=CO. The Labute approximate surface area is 162 Å². The number of carboxylic acid groups (broad SMARTS) is 1. The molecule has 0 heterocycles. The maximum Gasteiger partial charge on any atom is 0.290 e. The van der Waals surface area contributed by atoms with Crippen LogP contribution in [0.25, 0.3) is 0 Å². The average Bonchev–Trinajstić information content (AvgIpc) is 2.44. The normalized spacial score (nSPS) is 14.9. The molecule has 1 unspecified atom stereocenters. The highest BCUT2D eigenvalue weighted by molar-refractivity contribution is 5.41. The van der Waals surface area contributed by atoms with Gasteiger partial charge in [0.2, 0.25) is 0 Å². The summed E-state index contributed by atoms with van der Waals surface area (Å²) < 4.78 is 0. The Kier molecular flexibility index (Phi) is 8.15. The van der Waals surface area contributed by atoms with Gasteiger partial charge in [-0.1, -0.05) is 101 Å². The first-order valence-corrected chi connectivity index (χ1v) is 9.79. The molecule has 0 aromatic heterocycles. The van der Waals surface area contributed by atoms with Gasteiger partial charge in [0.15, 0.2) is 0 Å². The van der Waals surface area contributed by atoms with Crippen LogP contribution < -0.4 is 0 Å². The lowest BCUT2D eigenvalue weighted by Gasteiger charge is -2.44. The van der Waals surface area contributed by atoms with Crippen LogP contribution in [0.15, 0.2) is 18.2 Å². The van der Waals surface area contributed by atoms with Crippen molar-refractivity contribution in [1.82, 2.24) is 0 Å². The van der Waals surface area contributed by atoms with Gasteiger partial charge in [0.25, 0.3) is 6.47 Å². The van der Waals surface area contributed by atoms with Crippen LogP contribution in [0, 0.1) is 5.41 Å². The van der Waals surface area contributed by atoms with Gasteiger partial charge in [-0.3, -0.25) is 4.79 Å². The zero-order valence-electron chi connectivity index (χ0n) is 19.1. The van der Waals surface area contributed by atoms with Crippen molar-refractivity contribution < 1.29 is 9.90 Å². The van der Waals surface area contributed by atoms with Gasteiger partial charge in [0, 0.05) is 0 Å². The van der Waals surface area contributed by atoms with Crippen LogP contribution in [0.4, 0.5) is 0 Å². The first-order valence-electron chi connectivity index (χ1n) is 9.79. The van der Waals surface area contributed by atoms with Gasteiger partial charge in [0.1, 0.15) is 0 Å². The third kappa shape index (κ3) is 6.14. The smallest absolute Gasteiger partial charge is 0.290 e. The van der Waals surface area contributed by atoms with Crippen molar-refractivity contribution in [2.45, 2.75) is 105 Å². The fourth-order valence-corrected chi connectivity index (χ4v) is 3.26. The van der Waals surface area contributed by atoms with Gasteiger partial charge in [-0.05, 0) is 44.8 Å². The summed E-state index contributed by atoms with van der Waals surface area (Å²) in [5.41, 5.74) is 5.25. The summed E-state index contributed by atoms with van der Waals surface area (Å²) in [6, 6.07) is 7.39. The molecule has 1 aromatic carbocycles. The maximum absolute atomic E-state index is 8.36. The van der Waals surface area contributed by atoms with E-state index in [0.717, 1.165) is 0 Å². The molecule has 0 saturated heterocycles. The van der Waals surface area contributed by atoms with E-state index in [1.807, 2.05) is 0 Å². The van der Waals surface area contributed by atoms with Crippen molar-refractivity contribution in [2.24, 2.45) is 5.41 Å². The summed E-state index contributed by atoms with van der Waals surface area (Å²) in [4.78, 5) is 8.36. The minimum Gasteiger partial charge on any atom is -0.483 e. The lowest BCUT2D eigenvalue weighted by Crippen LogP contribution is -2.37. The van der Waals surface area contributed by atoms with Gasteiger partial charge >= 0.3 is 0 Å².